The van der Waals surface area contributed by atoms with Crippen LogP contribution in [-0.2, 0) is 10.0 Å². The van der Waals surface area contributed by atoms with Crippen LogP contribution >= 0.6 is 23.5 Å². The highest BCUT2D eigenvalue weighted by Crippen LogP contribution is 2.28. The largest absolute Gasteiger partial charge is 0.252 e. The highest BCUT2D eigenvalue weighted by Gasteiger charge is 2.21. The molecule has 20 heavy (non-hydrogen) atoms. The predicted molar refractivity (Wildman–Crippen MR) is 83.4 cm³/mol. The highest BCUT2D eigenvalue weighted by molar-refractivity contribution is 8.08. The molecule has 0 aliphatic carbocycles. The molecule has 0 atom stereocenters. The van der Waals surface area contributed by atoms with E-state index in [4.69, 9.17) is 11.6 Å². The maximum Gasteiger partial charge on any atom is 0.252 e. The first-order valence-corrected chi connectivity index (χ1v) is 8.48. The molecule has 0 bridgehead atoms. The third-order valence-electron chi connectivity index (χ3n) is 2.67. The van der Waals surface area contributed by atoms with Crippen LogP contribution < -0.4 is 0 Å². The van der Waals surface area contributed by atoms with Crippen LogP contribution in [-0.4, -0.2) is 19.2 Å². The molecule has 0 saturated heterocycles. The summed E-state index contributed by atoms with van der Waals surface area (Å²) in [6, 6.07) is 13.9. The van der Waals surface area contributed by atoms with Crippen LogP contribution in [0.25, 0.3) is 0 Å². The van der Waals surface area contributed by atoms with E-state index in [1.165, 1.54) is 10.8 Å². The van der Waals surface area contributed by atoms with Gasteiger partial charge in [-0.15, -0.1) is 3.71 Å². The maximum atomic E-state index is 12.4. The first-order chi connectivity index (χ1) is 9.39. The molecular formula is C14H14ClNO2S2. The SMILES string of the molecule is Cc1cccc(S(=O)(=O)N(C)Sc2ccc(Cl)cc2)c1. The summed E-state index contributed by atoms with van der Waals surface area (Å²) >= 11 is 6.96. The van der Waals surface area contributed by atoms with Crippen molar-refractivity contribution in [2.75, 3.05) is 7.05 Å². The van der Waals surface area contributed by atoms with E-state index < -0.39 is 10.0 Å². The Kier molecular flexibility index (Phi) is 4.75. The minimum absolute atomic E-state index is 0.293. The minimum Gasteiger partial charge on any atom is -0.206 e. The molecule has 0 fully saturated rings. The zero-order valence-electron chi connectivity index (χ0n) is 11.1. The van der Waals surface area contributed by atoms with Crippen molar-refractivity contribution in [2.24, 2.45) is 0 Å². The zero-order valence-corrected chi connectivity index (χ0v) is 13.5. The van der Waals surface area contributed by atoms with Gasteiger partial charge in [0.25, 0.3) is 10.0 Å². The number of benzene rings is 2. The fourth-order valence-electron chi connectivity index (χ4n) is 1.62. The van der Waals surface area contributed by atoms with E-state index in [2.05, 4.69) is 0 Å². The normalized spacial score (nSPS) is 11.8. The van der Waals surface area contributed by atoms with E-state index in [9.17, 15) is 8.42 Å². The van der Waals surface area contributed by atoms with E-state index in [1.54, 1.807) is 42.5 Å². The molecule has 0 radical (unpaired) electrons. The number of hydrogen-bond donors (Lipinski definition) is 0. The Morgan fingerprint density at radius 1 is 1.10 bits per heavy atom. The van der Waals surface area contributed by atoms with Crippen molar-refractivity contribution in [1.29, 1.82) is 0 Å². The molecular weight excluding hydrogens is 314 g/mol. The van der Waals surface area contributed by atoms with Crippen molar-refractivity contribution in [3.05, 3.63) is 59.1 Å². The van der Waals surface area contributed by atoms with E-state index in [0.29, 0.717) is 9.92 Å². The van der Waals surface area contributed by atoms with Crippen molar-refractivity contribution >= 4 is 33.6 Å². The monoisotopic (exact) mass is 327 g/mol. The second kappa shape index (κ2) is 6.18. The van der Waals surface area contributed by atoms with Gasteiger partial charge in [-0.3, -0.25) is 0 Å². The second-order valence-corrected chi connectivity index (χ2v) is 8.11. The summed E-state index contributed by atoms with van der Waals surface area (Å²) in [5.41, 5.74) is 0.913. The zero-order chi connectivity index (χ0) is 14.8. The smallest absolute Gasteiger partial charge is 0.206 e. The molecule has 2 rings (SSSR count). The number of hydrogen-bond acceptors (Lipinski definition) is 3. The standard InChI is InChI=1S/C14H14ClNO2S2/c1-11-4-3-5-14(10-11)20(17,18)16(2)19-13-8-6-12(15)7-9-13/h3-10H,1-2H3. The Balaban J connectivity index is 2.23. The fourth-order valence-corrected chi connectivity index (χ4v) is 4.09. The number of nitrogens with zero attached hydrogens (tertiary/aromatic N) is 1. The highest BCUT2D eigenvalue weighted by atomic mass is 35.5. The molecule has 2 aromatic rings. The quantitative estimate of drug-likeness (QED) is 0.797. The van der Waals surface area contributed by atoms with Crippen molar-refractivity contribution in [3.8, 4) is 0 Å². The molecule has 2 aromatic carbocycles. The summed E-state index contributed by atoms with van der Waals surface area (Å²) in [4.78, 5) is 1.11. The lowest BCUT2D eigenvalue weighted by Crippen LogP contribution is -2.20. The van der Waals surface area contributed by atoms with Gasteiger partial charge in [-0.1, -0.05) is 23.7 Å². The first-order valence-electron chi connectivity index (χ1n) is 5.89. The van der Waals surface area contributed by atoms with Gasteiger partial charge in [-0.25, -0.2) is 8.42 Å². The molecule has 0 spiro atoms. The van der Waals surface area contributed by atoms with Crippen LogP contribution in [0, 0.1) is 6.92 Å². The molecule has 3 nitrogen and oxygen atoms in total. The van der Waals surface area contributed by atoms with Crippen molar-refractivity contribution in [1.82, 2.24) is 3.71 Å². The molecule has 0 saturated carbocycles. The lowest BCUT2D eigenvalue weighted by atomic mass is 10.2. The van der Waals surface area contributed by atoms with Crippen molar-refractivity contribution in [2.45, 2.75) is 16.7 Å². The summed E-state index contributed by atoms with van der Waals surface area (Å²) in [6.07, 6.45) is 0. The van der Waals surface area contributed by atoms with Crippen molar-refractivity contribution in [3.63, 3.8) is 0 Å². The summed E-state index contributed by atoms with van der Waals surface area (Å²) in [5.74, 6) is 0. The lowest BCUT2D eigenvalue weighted by Gasteiger charge is -2.16. The van der Waals surface area contributed by atoms with Gasteiger partial charge in [0, 0.05) is 17.0 Å². The third-order valence-corrected chi connectivity index (χ3v) is 6.00. The molecule has 0 amide bonds. The van der Waals surface area contributed by atoms with Gasteiger partial charge >= 0.3 is 0 Å². The van der Waals surface area contributed by atoms with E-state index in [1.807, 2.05) is 13.0 Å². The Bertz CT molecular complexity index is 699. The molecule has 6 heteroatoms. The topological polar surface area (TPSA) is 37.4 Å². The lowest BCUT2D eigenvalue weighted by molar-refractivity contribution is 0.564. The fraction of sp³-hybridized carbons (Fsp3) is 0.143. The summed E-state index contributed by atoms with van der Waals surface area (Å²) < 4.78 is 26.1. The Labute approximate surface area is 128 Å². The van der Waals surface area contributed by atoms with Gasteiger partial charge < -0.3 is 0 Å². The molecule has 0 N–H and O–H groups in total. The van der Waals surface area contributed by atoms with Gasteiger partial charge in [-0.2, -0.15) is 0 Å². The minimum atomic E-state index is -3.51. The van der Waals surface area contributed by atoms with Gasteiger partial charge in [0.15, 0.2) is 0 Å². The van der Waals surface area contributed by atoms with Crippen LogP contribution in [0.1, 0.15) is 5.56 Å². The van der Waals surface area contributed by atoms with Gasteiger partial charge in [0.1, 0.15) is 0 Å². The maximum absolute atomic E-state index is 12.4. The second-order valence-electron chi connectivity index (χ2n) is 4.28. The summed E-state index contributed by atoms with van der Waals surface area (Å²) in [6.45, 7) is 1.87. The molecule has 0 aliphatic heterocycles. The third kappa shape index (κ3) is 3.55. The van der Waals surface area contributed by atoms with Gasteiger partial charge in [-0.05, 0) is 60.8 Å². The molecule has 106 valence electrons. The van der Waals surface area contributed by atoms with E-state index in [0.717, 1.165) is 22.4 Å². The summed E-state index contributed by atoms with van der Waals surface area (Å²) in [7, 11) is -1.97. The Morgan fingerprint density at radius 2 is 1.75 bits per heavy atom. The molecule has 0 unspecified atom stereocenters. The average molecular weight is 328 g/mol. The van der Waals surface area contributed by atoms with Crippen LogP contribution in [0.5, 0.6) is 0 Å². The van der Waals surface area contributed by atoms with Gasteiger partial charge in [0.05, 0.1) is 4.90 Å². The number of sulfonamides is 1. The van der Waals surface area contributed by atoms with E-state index >= 15 is 0 Å². The number of aryl methyl sites for hydroxylation is 1. The predicted octanol–water partition coefficient (Wildman–Crippen LogP) is 3.98. The first kappa shape index (κ1) is 15.4. The van der Waals surface area contributed by atoms with Crippen LogP contribution in [0.2, 0.25) is 5.02 Å². The van der Waals surface area contributed by atoms with Gasteiger partial charge in [0.2, 0.25) is 0 Å². The number of halogens is 1. The Hall–Kier alpha value is -1.01. The number of rotatable bonds is 4. The van der Waals surface area contributed by atoms with Crippen LogP contribution in [0.15, 0.2) is 58.3 Å². The van der Waals surface area contributed by atoms with Crippen LogP contribution in [0.3, 0.4) is 0 Å². The molecule has 0 heterocycles. The molecule has 0 aliphatic rings. The summed E-state index contributed by atoms with van der Waals surface area (Å²) in [5, 5.41) is 0.624. The molecule has 0 aromatic heterocycles. The Morgan fingerprint density at radius 3 is 2.35 bits per heavy atom. The average Bonchev–Trinajstić information content (AvgIpc) is 2.41. The van der Waals surface area contributed by atoms with Crippen LogP contribution in [0.4, 0.5) is 0 Å². The van der Waals surface area contributed by atoms with Crippen molar-refractivity contribution < 1.29 is 8.42 Å². The van der Waals surface area contributed by atoms with E-state index in [-0.39, 0.29) is 0 Å².